The Kier molecular flexibility index (Phi) is 4.43. The van der Waals surface area contributed by atoms with Crippen molar-refractivity contribution >= 4 is 5.97 Å². The Bertz CT molecular complexity index is 973. The Hall–Kier alpha value is -3.47. The lowest BCUT2D eigenvalue weighted by Gasteiger charge is -2.28. The molecule has 0 atom stereocenters. The van der Waals surface area contributed by atoms with Crippen LogP contribution < -0.4 is 14.2 Å². The number of carbonyl (C=O) groups is 1. The number of carbonyl (C=O) groups excluding carboxylic acids is 1. The van der Waals surface area contributed by atoms with Gasteiger partial charge in [-0.3, -0.25) is 0 Å². The molecule has 5 nitrogen and oxygen atoms in total. The van der Waals surface area contributed by atoms with Crippen LogP contribution in [0.15, 0.2) is 66.7 Å². The van der Waals surface area contributed by atoms with Crippen molar-refractivity contribution in [1.82, 2.24) is 0 Å². The van der Waals surface area contributed by atoms with E-state index >= 15 is 0 Å². The van der Waals surface area contributed by atoms with Crippen LogP contribution in [-0.4, -0.2) is 20.2 Å². The van der Waals surface area contributed by atoms with E-state index in [0.29, 0.717) is 28.4 Å². The predicted octanol–water partition coefficient (Wildman–Crippen LogP) is 4.46. The second kappa shape index (κ2) is 6.93. The summed E-state index contributed by atoms with van der Waals surface area (Å²) in [6.07, 6.45) is 0. The largest absolute Gasteiger partial charge is 0.493 e. The molecule has 0 aliphatic carbocycles. The summed E-state index contributed by atoms with van der Waals surface area (Å²) < 4.78 is 23.3. The molecular weight excluding hydrogens is 356 g/mol. The van der Waals surface area contributed by atoms with Crippen molar-refractivity contribution in [3.63, 3.8) is 0 Å². The van der Waals surface area contributed by atoms with Crippen LogP contribution in [0, 0.1) is 6.92 Å². The molecule has 3 aromatic carbocycles. The van der Waals surface area contributed by atoms with E-state index in [-0.39, 0.29) is 0 Å². The first-order valence-corrected chi connectivity index (χ1v) is 8.89. The molecule has 0 saturated heterocycles. The molecule has 1 aliphatic rings. The van der Waals surface area contributed by atoms with E-state index in [4.69, 9.17) is 18.9 Å². The van der Waals surface area contributed by atoms with Crippen LogP contribution >= 0.6 is 0 Å². The van der Waals surface area contributed by atoms with Crippen LogP contribution in [-0.2, 0) is 10.5 Å². The second-order valence-corrected chi connectivity index (χ2v) is 6.45. The predicted molar refractivity (Wildman–Crippen MR) is 104 cm³/mol. The van der Waals surface area contributed by atoms with Gasteiger partial charge in [-0.15, -0.1) is 0 Å². The number of hydrogen-bond acceptors (Lipinski definition) is 5. The Morgan fingerprint density at radius 3 is 1.89 bits per heavy atom. The van der Waals surface area contributed by atoms with Crippen molar-refractivity contribution < 1.29 is 23.7 Å². The van der Waals surface area contributed by atoms with E-state index in [9.17, 15) is 4.79 Å². The van der Waals surface area contributed by atoms with Crippen LogP contribution in [0.5, 0.6) is 17.2 Å². The fourth-order valence-electron chi connectivity index (χ4n) is 3.43. The van der Waals surface area contributed by atoms with Gasteiger partial charge in [0.2, 0.25) is 5.75 Å². The normalized spacial score (nSPS) is 13.8. The van der Waals surface area contributed by atoms with E-state index in [1.807, 2.05) is 60.7 Å². The molecule has 28 heavy (non-hydrogen) atoms. The molecule has 0 N–H and O–H groups in total. The van der Waals surface area contributed by atoms with Crippen LogP contribution in [0.2, 0.25) is 0 Å². The van der Waals surface area contributed by atoms with Crippen LogP contribution in [0.4, 0.5) is 0 Å². The zero-order chi connectivity index (χ0) is 19.7. The fourth-order valence-corrected chi connectivity index (χ4v) is 3.43. The third kappa shape index (κ3) is 2.67. The van der Waals surface area contributed by atoms with Gasteiger partial charge in [0.25, 0.3) is 0 Å². The molecule has 0 unspecified atom stereocenters. The monoisotopic (exact) mass is 376 g/mol. The van der Waals surface area contributed by atoms with Gasteiger partial charge in [-0.2, -0.15) is 0 Å². The molecule has 3 aromatic rings. The standard InChI is InChI=1S/C23H20O5/c1-15-18(22(24)26-3)14-19(25-2)21-20(15)27-23(28-21,16-10-6-4-7-11-16)17-12-8-5-9-13-17/h4-14H,1-3H3. The van der Waals surface area contributed by atoms with Crippen molar-refractivity contribution in [2.45, 2.75) is 12.7 Å². The van der Waals surface area contributed by atoms with E-state index < -0.39 is 11.8 Å². The van der Waals surface area contributed by atoms with Crippen molar-refractivity contribution in [3.05, 3.63) is 89.0 Å². The molecule has 0 spiro atoms. The van der Waals surface area contributed by atoms with Crippen molar-refractivity contribution in [2.75, 3.05) is 14.2 Å². The third-order valence-corrected chi connectivity index (χ3v) is 4.87. The average molecular weight is 376 g/mol. The van der Waals surface area contributed by atoms with Crippen LogP contribution in [0.3, 0.4) is 0 Å². The Morgan fingerprint density at radius 2 is 1.39 bits per heavy atom. The van der Waals surface area contributed by atoms with Gasteiger partial charge in [0.15, 0.2) is 11.5 Å². The highest BCUT2D eigenvalue weighted by Crippen LogP contribution is 2.54. The van der Waals surface area contributed by atoms with Crippen LogP contribution in [0.1, 0.15) is 27.0 Å². The summed E-state index contributed by atoms with van der Waals surface area (Å²) in [5.74, 6) is -0.306. The maximum Gasteiger partial charge on any atom is 0.338 e. The lowest BCUT2D eigenvalue weighted by molar-refractivity contribution is -0.0469. The minimum atomic E-state index is -1.18. The van der Waals surface area contributed by atoms with Gasteiger partial charge >= 0.3 is 11.8 Å². The minimum absolute atomic E-state index is 0.374. The first-order valence-electron chi connectivity index (χ1n) is 8.89. The van der Waals surface area contributed by atoms with Gasteiger partial charge < -0.3 is 18.9 Å². The first-order chi connectivity index (χ1) is 13.6. The number of methoxy groups -OCH3 is 2. The summed E-state index contributed by atoms with van der Waals surface area (Å²) >= 11 is 0. The van der Waals surface area contributed by atoms with E-state index in [2.05, 4.69) is 0 Å². The quantitative estimate of drug-likeness (QED) is 0.629. The average Bonchev–Trinajstić information content (AvgIpc) is 3.17. The molecule has 0 amide bonds. The van der Waals surface area contributed by atoms with Crippen molar-refractivity contribution in [1.29, 1.82) is 0 Å². The molecule has 0 aromatic heterocycles. The topological polar surface area (TPSA) is 54.0 Å². The van der Waals surface area contributed by atoms with Gasteiger partial charge in [-0.25, -0.2) is 4.79 Å². The number of benzene rings is 3. The molecule has 0 bridgehead atoms. The molecule has 0 fully saturated rings. The number of rotatable bonds is 4. The number of hydrogen-bond donors (Lipinski definition) is 0. The minimum Gasteiger partial charge on any atom is -0.493 e. The molecular formula is C23H20O5. The van der Waals surface area contributed by atoms with E-state index in [1.165, 1.54) is 14.2 Å². The molecule has 0 radical (unpaired) electrons. The number of esters is 1. The Morgan fingerprint density at radius 1 is 0.857 bits per heavy atom. The molecule has 0 saturated carbocycles. The van der Waals surface area contributed by atoms with Crippen molar-refractivity contribution in [3.8, 4) is 17.2 Å². The van der Waals surface area contributed by atoms with Gasteiger partial charge in [0.05, 0.1) is 19.8 Å². The maximum absolute atomic E-state index is 12.2. The Labute approximate surface area is 163 Å². The van der Waals surface area contributed by atoms with Crippen LogP contribution in [0.25, 0.3) is 0 Å². The highest BCUT2D eigenvalue weighted by molar-refractivity contribution is 5.93. The smallest absolute Gasteiger partial charge is 0.338 e. The zero-order valence-corrected chi connectivity index (χ0v) is 15.9. The maximum atomic E-state index is 12.2. The SMILES string of the molecule is COC(=O)c1cc(OC)c2c(c1C)OC(c1ccccc1)(c1ccccc1)O2. The summed E-state index contributed by atoms with van der Waals surface area (Å²) in [5.41, 5.74) is 2.67. The number of ether oxygens (including phenoxy) is 4. The zero-order valence-electron chi connectivity index (χ0n) is 15.9. The summed E-state index contributed by atoms with van der Waals surface area (Å²) in [4.78, 5) is 12.2. The lowest BCUT2D eigenvalue weighted by Crippen LogP contribution is -2.36. The summed E-state index contributed by atoms with van der Waals surface area (Å²) in [7, 11) is 2.87. The first kappa shape index (κ1) is 17.9. The molecule has 1 aliphatic heterocycles. The summed E-state index contributed by atoms with van der Waals surface area (Å²) in [5, 5.41) is 0. The third-order valence-electron chi connectivity index (χ3n) is 4.87. The molecule has 5 heteroatoms. The second-order valence-electron chi connectivity index (χ2n) is 6.45. The van der Waals surface area contributed by atoms with Gasteiger partial charge in [-0.05, 0) is 13.0 Å². The summed E-state index contributed by atoms with van der Waals surface area (Å²) in [6, 6.07) is 21.0. The highest BCUT2D eigenvalue weighted by atomic mass is 16.7. The van der Waals surface area contributed by atoms with Gasteiger partial charge in [-0.1, -0.05) is 60.7 Å². The fraction of sp³-hybridized carbons (Fsp3) is 0.174. The molecule has 1 heterocycles. The van der Waals surface area contributed by atoms with Gasteiger partial charge in [0, 0.05) is 16.7 Å². The lowest BCUT2D eigenvalue weighted by atomic mass is 9.97. The van der Waals surface area contributed by atoms with Gasteiger partial charge in [0.1, 0.15) is 0 Å². The highest BCUT2D eigenvalue weighted by Gasteiger charge is 2.48. The Balaban J connectivity index is 1.94. The van der Waals surface area contributed by atoms with E-state index in [0.717, 1.165) is 11.1 Å². The van der Waals surface area contributed by atoms with Crippen molar-refractivity contribution in [2.24, 2.45) is 0 Å². The number of fused-ring (bicyclic) bond motifs is 1. The van der Waals surface area contributed by atoms with E-state index in [1.54, 1.807) is 13.0 Å². The molecule has 142 valence electrons. The molecule has 4 rings (SSSR count). The summed E-state index contributed by atoms with van der Waals surface area (Å²) in [6.45, 7) is 1.81.